The fraction of sp³-hybridized carbons (Fsp3) is 0.500. The molecule has 0 aliphatic carbocycles. The van der Waals surface area contributed by atoms with Crippen LogP contribution in [0.1, 0.15) is 49.0 Å². The van der Waals surface area contributed by atoms with E-state index in [0.29, 0.717) is 36.8 Å². The molecular weight excluding hydrogens is 420 g/mol. The van der Waals surface area contributed by atoms with Gasteiger partial charge in [0.25, 0.3) is 0 Å². The smallest absolute Gasteiger partial charge is 0.224 e. The van der Waals surface area contributed by atoms with Crippen LogP contribution in [0.3, 0.4) is 0 Å². The second-order valence-corrected chi connectivity index (χ2v) is 8.10. The molecule has 1 aliphatic heterocycles. The van der Waals surface area contributed by atoms with Gasteiger partial charge in [0, 0.05) is 38.3 Å². The van der Waals surface area contributed by atoms with Gasteiger partial charge in [-0.3, -0.25) is 9.59 Å². The number of nitrogen functional groups attached to an aromatic ring is 1. The molecule has 0 saturated carbocycles. The molecule has 2 aromatic rings. The van der Waals surface area contributed by atoms with E-state index in [0.717, 1.165) is 32.5 Å². The Kier molecular flexibility index (Phi) is 8.59. The minimum atomic E-state index is -0.284. The number of hydrogen-bond acceptors (Lipinski definition) is 8. The van der Waals surface area contributed by atoms with Crippen LogP contribution in [-0.4, -0.2) is 77.3 Å². The zero-order valence-electron chi connectivity index (χ0n) is 19.7. The fourth-order valence-corrected chi connectivity index (χ4v) is 4.02. The summed E-state index contributed by atoms with van der Waals surface area (Å²) in [5.74, 6) is 0.901. The maximum atomic E-state index is 12.9. The van der Waals surface area contributed by atoms with Gasteiger partial charge < -0.3 is 25.6 Å². The van der Waals surface area contributed by atoms with Gasteiger partial charge in [0.2, 0.25) is 17.6 Å². The number of ketones is 1. The third-order valence-electron chi connectivity index (χ3n) is 6.13. The average molecular weight is 455 g/mol. The molecular formula is C24H34N6O3. The van der Waals surface area contributed by atoms with Crippen LogP contribution in [0.25, 0.3) is 0 Å². The van der Waals surface area contributed by atoms with Gasteiger partial charge in [0.15, 0.2) is 0 Å². The molecule has 9 heteroatoms. The summed E-state index contributed by atoms with van der Waals surface area (Å²) >= 11 is 0. The minimum Gasteiger partial charge on any atom is -0.496 e. The van der Waals surface area contributed by atoms with Crippen molar-refractivity contribution in [3.05, 3.63) is 41.6 Å². The Labute approximate surface area is 195 Å². The Morgan fingerprint density at radius 2 is 1.88 bits per heavy atom. The van der Waals surface area contributed by atoms with E-state index in [1.165, 1.54) is 13.3 Å². The lowest BCUT2D eigenvalue weighted by Crippen LogP contribution is -2.43. The molecule has 3 rings (SSSR count). The molecule has 0 bridgehead atoms. The number of anilines is 2. The number of benzene rings is 1. The van der Waals surface area contributed by atoms with Gasteiger partial charge in [-0.05, 0) is 38.1 Å². The van der Waals surface area contributed by atoms with Crippen molar-refractivity contribution in [3.63, 3.8) is 0 Å². The predicted molar refractivity (Wildman–Crippen MR) is 129 cm³/mol. The zero-order valence-corrected chi connectivity index (χ0v) is 19.7. The summed E-state index contributed by atoms with van der Waals surface area (Å²) in [5, 5.41) is 3.29. The van der Waals surface area contributed by atoms with Crippen LogP contribution >= 0.6 is 0 Å². The largest absolute Gasteiger partial charge is 0.496 e. The summed E-state index contributed by atoms with van der Waals surface area (Å²) in [7, 11) is 1.52. The van der Waals surface area contributed by atoms with Crippen molar-refractivity contribution in [2.75, 3.05) is 50.9 Å². The van der Waals surface area contributed by atoms with Crippen molar-refractivity contribution >= 4 is 23.5 Å². The van der Waals surface area contributed by atoms with Gasteiger partial charge in [-0.25, -0.2) is 4.98 Å². The summed E-state index contributed by atoms with van der Waals surface area (Å²) in [4.78, 5) is 38.2. The molecule has 3 N–H and O–H groups in total. The lowest BCUT2D eigenvalue weighted by atomic mass is 10.0. The first-order valence-electron chi connectivity index (χ1n) is 11.5. The molecule has 1 fully saturated rings. The van der Waals surface area contributed by atoms with E-state index in [9.17, 15) is 9.59 Å². The molecule has 0 spiro atoms. The molecule has 1 saturated heterocycles. The van der Waals surface area contributed by atoms with Crippen LogP contribution in [-0.2, 0) is 4.79 Å². The maximum absolute atomic E-state index is 12.9. The van der Waals surface area contributed by atoms with Crippen molar-refractivity contribution in [1.29, 1.82) is 0 Å². The zero-order chi connectivity index (χ0) is 23.8. The SMILES string of the molecule is CCN(CC)CCC(=O)N1CCC(Nc2ncc(C(=O)c3ccccc3OC)c(N)n2)CC1. The van der Waals surface area contributed by atoms with Gasteiger partial charge >= 0.3 is 0 Å². The summed E-state index contributed by atoms with van der Waals surface area (Å²) in [6.07, 6.45) is 3.62. The molecule has 1 amide bonds. The van der Waals surface area contributed by atoms with Crippen molar-refractivity contribution in [2.24, 2.45) is 0 Å². The Morgan fingerprint density at radius 3 is 2.52 bits per heavy atom. The molecule has 1 aliphatic rings. The fourth-order valence-electron chi connectivity index (χ4n) is 4.02. The number of methoxy groups -OCH3 is 1. The van der Waals surface area contributed by atoms with Crippen molar-refractivity contribution < 1.29 is 14.3 Å². The number of aromatic nitrogens is 2. The monoisotopic (exact) mass is 454 g/mol. The highest BCUT2D eigenvalue weighted by molar-refractivity contribution is 6.13. The topological polar surface area (TPSA) is 114 Å². The van der Waals surface area contributed by atoms with Crippen molar-refractivity contribution in [3.8, 4) is 5.75 Å². The first kappa shape index (κ1) is 24.4. The molecule has 1 aromatic heterocycles. The second-order valence-electron chi connectivity index (χ2n) is 8.10. The van der Waals surface area contributed by atoms with E-state index in [2.05, 4.69) is 34.0 Å². The van der Waals surface area contributed by atoms with Crippen LogP contribution in [0.5, 0.6) is 5.75 Å². The highest BCUT2D eigenvalue weighted by Crippen LogP contribution is 2.24. The van der Waals surface area contributed by atoms with Gasteiger partial charge in [0.05, 0.1) is 18.2 Å². The summed E-state index contributed by atoms with van der Waals surface area (Å²) < 4.78 is 5.27. The first-order chi connectivity index (χ1) is 16.0. The van der Waals surface area contributed by atoms with Crippen LogP contribution in [0, 0.1) is 0 Å². The molecule has 178 valence electrons. The minimum absolute atomic E-state index is 0.118. The van der Waals surface area contributed by atoms with E-state index in [-0.39, 0.29) is 29.1 Å². The third-order valence-corrected chi connectivity index (χ3v) is 6.13. The quantitative estimate of drug-likeness (QED) is 0.526. The number of rotatable bonds is 10. The summed E-state index contributed by atoms with van der Waals surface area (Å²) in [6.45, 7) is 8.35. The molecule has 9 nitrogen and oxygen atoms in total. The van der Waals surface area contributed by atoms with E-state index >= 15 is 0 Å². The number of ether oxygens (including phenoxy) is 1. The number of carbonyl (C=O) groups excluding carboxylic acids is 2. The van der Waals surface area contributed by atoms with E-state index in [1.54, 1.807) is 24.3 Å². The molecule has 1 aromatic carbocycles. The Bertz CT molecular complexity index is 955. The number of hydrogen-bond donors (Lipinski definition) is 2. The van der Waals surface area contributed by atoms with Gasteiger partial charge in [-0.2, -0.15) is 4.98 Å². The highest BCUT2D eigenvalue weighted by Gasteiger charge is 2.24. The number of likely N-dealkylation sites (tertiary alicyclic amines) is 1. The van der Waals surface area contributed by atoms with Gasteiger partial charge in [-0.15, -0.1) is 0 Å². The molecule has 0 unspecified atom stereocenters. The number of amides is 1. The van der Waals surface area contributed by atoms with Crippen LogP contribution in [0.4, 0.5) is 11.8 Å². The first-order valence-corrected chi connectivity index (χ1v) is 11.5. The number of piperidine rings is 1. The third kappa shape index (κ3) is 6.19. The molecule has 2 heterocycles. The number of nitrogens with two attached hydrogens (primary N) is 1. The lowest BCUT2D eigenvalue weighted by molar-refractivity contribution is -0.132. The number of para-hydroxylation sites is 1. The number of carbonyl (C=O) groups is 2. The average Bonchev–Trinajstić information content (AvgIpc) is 2.84. The standard InChI is InChI=1S/C24H34N6O3/c1-4-29(5-2)13-12-21(31)30-14-10-17(11-15-30)27-24-26-16-19(23(25)28-24)22(32)18-8-6-7-9-20(18)33-3/h6-9,16-17H,4-5,10-15H2,1-3H3,(H3,25,26,27,28). The van der Waals surface area contributed by atoms with Crippen molar-refractivity contribution in [1.82, 2.24) is 19.8 Å². The molecule has 33 heavy (non-hydrogen) atoms. The number of nitrogens with zero attached hydrogens (tertiary/aromatic N) is 4. The lowest BCUT2D eigenvalue weighted by Gasteiger charge is -2.33. The van der Waals surface area contributed by atoms with E-state index in [1.807, 2.05) is 4.90 Å². The summed E-state index contributed by atoms with van der Waals surface area (Å²) in [5.41, 5.74) is 6.74. The maximum Gasteiger partial charge on any atom is 0.224 e. The van der Waals surface area contributed by atoms with Crippen molar-refractivity contribution in [2.45, 2.75) is 39.2 Å². The normalized spacial score (nSPS) is 14.4. The van der Waals surface area contributed by atoms with Crippen LogP contribution < -0.4 is 15.8 Å². The summed E-state index contributed by atoms with van der Waals surface area (Å²) in [6, 6.07) is 7.12. The highest BCUT2D eigenvalue weighted by atomic mass is 16.5. The van der Waals surface area contributed by atoms with Gasteiger partial charge in [-0.1, -0.05) is 26.0 Å². The molecule has 0 atom stereocenters. The number of nitrogens with one attached hydrogen (secondary N) is 1. The van der Waals surface area contributed by atoms with Crippen LogP contribution in [0.2, 0.25) is 0 Å². The predicted octanol–water partition coefficient (Wildman–Crippen LogP) is 2.43. The van der Waals surface area contributed by atoms with Crippen LogP contribution in [0.15, 0.2) is 30.5 Å². The Morgan fingerprint density at radius 1 is 1.18 bits per heavy atom. The van der Waals surface area contributed by atoms with Gasteiger partial charge in [0.1, 0.15) is 11.6 Å². The second kappa shape index (κ2) is 11.6. The Balaban J connectivity index is 1.55. The molecule has 0 radical (unpaired) electrons. The van der Waals surface area contributed by atoms with E-state index in [4.69, 9.17) is 10.5 Å². The van der Waals surface area contributed by atoms with E-state index < -0.39 is 0 Å². The Hall–Kier alpha value is -3.20.